The largest absolute Gasteiger partial charge is 0.494 e. The first kappa shape index (κ1) is 13.4. The number of carbonyl (C=O) groups excluding carboxylic acids is 1. The summed E-state index contributed by atoms with van der Waals surface area (Å²) in [6.07, 6.45) is 0. The second-order valence-electron chi connectivity index (χ2n) is 3.62. The van der Waals surface area contributed by atoms with Gasteiger partial charge in [-0.2, -0.15) is 0 Å². The highest BCUT2D eigenvalue weighted by molar-refractivity contribution is 7.15. The lowest BCUT2D eigenvalue weighted by Gasteiger charge is -2.05. The fourth-order valence-corrected chi connectivity index (χ4v) is 2.06. The Hall–Kier alpha value is -1.99. The first-order valence-electron chi connectivity index (χ1n) is 5.79. The van der Waals surface area contributed by atoms with Gasteiger partial charge in [-0.05, 0) is 25.1 Å². The van der Waals surface area contributed by atoms with E-state index >= 15 is 0 Å². The van der Waals surface area contributed by atoms with Crippen molar-refractivity contribution in [3.05, 3.63) is 34.8 Å². The number of nitrogens with zero attached hydrogens (tertiary/aromatic N) is 2. The maximum atomic E-state index is 12.0. The summed E-state index contributed by atoms with van der Waals surface area (Å²) < 4.78 is 5.35. The van der Waals surface area contributed by atoms with Gasteiger partial charge in [0.1, 0.15) is 10.8 Å². The molecule has 0 bridgehead atoms. The summed E-state index contributed by atoms with van der Waals surface area (Å²) in [4.78, 5) is 12.0. The number of amides is 1. The van der Waals surface area contributed by atoms with Gasteiger partial charge in [-0.15, -0.1) is 10.2 Å². The molecule has 0 spiro atoms. The van der Waals surface area contributed by atoms with Crippen LogP contribution in [0.15, 0.2) is 24.3 Å². The quantitative estimate of drug-likeness (QED) is 0.868. The van der Waals surface area contributed by atoms with Gasteiger partial charge < -0.3 is 10.5 Å². The van der Waals surface area contributed by atoms with Crippen molar-refractivity contribution < 1.29 is 9.53 Å². The number of rotatable bonds is 5. The third-order valence-electron chi connectivity index (χ3n) is 2.27. The molecule has 0 aliphatic carbocycles. The summed E-state index contributed by atoms with van der Waals surface area (Å²) in [5, 5.41) is 11.5. The number of nitrogens with one attached hydrogen (secondary N) is 1. The van der Waals surface area contributed by atoms with Gasteiger partial charge in [0.05, 0.1) is 6.61 Å². The molecule has 1 heterocycles. The van der Waals surface area contributed by atoms with Crippen molar-refractivity contribution in [3.63, 3.8) is 0 Å². The van der Waals surface area contributed by atoms with Crippen molar-refractivity contribution >= 4 is 22.4 Å². The molecule has 0 saturated heterocycles. The molecule has 0 aliphatic heterocycles. The zero-order valence-corrected chi connectivity index (χ0v) is 11.2. The maximum Gasteiger partial charge on any atom is 0.257 e. The standard InChI is InChI=1S/C12H14N4O2S/c1-2-18-9-5-3-4-8(6-9)11(17)14-12-16-15-10(7-13)19-12/h3-6H,2,7,13H2,1H3,(H,14,16,17). The molecule has 0 atom stereocenters. The van der Waals surface area contributed by atoms with Gasteiger partial charge in [-0.25, -0.2) is 0 Å². The number of nitrogens with two attached hydrogens (primary N) is 1. The van der Waals surface area contributed by atoms with Crippen LogP contribution in [0, 0.1) is 0 Å². The van der Waals surface area contributed by atoms with E-state index in [1.165, 1.54) is 11.3 Å². The molecule has 2 aromatic rings. The van der Waals surface area contributed by atoms with Crippen LogP contribution in [0.1, 0.15) is 22.3 Å². The Morgan fingerprint density at radius 3 is 3.00 bits per heavy atom. The van der Waals surface area contributed by atoms with E-state index in [1.807, 2.05) is 6.92 Å². The molecule has 0 saturated carbocycles. The third-order valence-corrected chi connectivity index (χ3v) is 3.13. The number of hydrogen-bond acceptors (Lipinski definition) is 6. The van der Waals surface area contributed by atoms with Crippen LogP contribution in [0.3, 0.4) is 0 Å². The summed E-state index contributed by atoms with van der Waals surface area (Å²) in [7, 11) is 0. The van der Waals surface area contributed by atoms with Crippen LogP contribution in [0.25, 0.3) is 0 Å². The first-order valence-corrected chi connectivity index (χ1v) is 6.61. The fraction of sp³-hybridized carbons (Fsp3) is 0.250. The average molecular weight is 278 g/mol. The van der Waals surface area contributed by atoms with E-state index in [4.69, 9.17) is 10.5 Å². The van der Waals surface area contributed by atoms with Crippen molar-refractivity contribution in [2.75, 3.05) is 11.9 Å². The number of anilines is 1. The molecule has 2 rings (SSSR count). The smallest absolute Gasteiger partial charge is 0.257 e. The van der Waals surface area contributed by atoms with Crippen LogP contribution in [0.2, 0.25) is 0 Å². The average Bonchev–Trinajstić information content (AvgIpc) is 2.87. The fourth-order valence-electron chi connectivity index (χ4n) is 1.45. The highest BCUT2D eigenvalue weighted by Gasteiger charge is 2.10. The summed E-state index contributed by atoms with van der Waals surface area (Å²) in [6.45, 7) is 2.76. The van der Waals surface area contributed by atoms with Crippen molar-refractivity contribution in [3.8, 4) is 5.75 Å². The van der Waals surface area contributed by atoms with E-state index < -0.39 is 0 Å². The van der Waals surface area contributed by atoms with Gasteiger partial charge >= 0.3 is 0 Å². The molecule has 1 amide bonds. The summed E-state index contributed by atoms with van der Waals surface area (Å²) >= 11 is 1.26. The predicted molar refractivity (Wildman–Crippen MR) is 73.4 cm³/mol. The Labute approximate surface area is 114 Å². The zero-order valence-electron chi connectivity index (χ0n) is 10.4. The molecule has 6 nitrogen and oxygen atoms in total. The number of hydrogen-bond donors (Lipinski definition) is 2. The van der Waals surface area contributed by atoms with Crippen LogP contribution in [-0.2, 0) is 6.54 Å². The molecule has 19 heavy (non-hydrogen) atoms. The topological polar surface area (TPSA) is 90.1 Å². The minimum atomic E-state index is -0.249. The normalized spacial score (nSPS) is 10.2. The van der Waals surface area contributed by atoms with Crippen LogP contribution in [0.4, 0.5) is 5.13 Å². The molecule has 3 N–H and O–H groups in total. The van der Waals surface area contributed by atoms with Gasteiger partial charge in [0.15, 0.2) is 0 Å². The van der Waals surface area contributed by atoms with E-state index in [2.05, 4.69) is 15.5 Å². The Kier molecular flexibility index (Phi) is 4.43. The highest BCUT2D eigenvalue weighted by Crippen LogP contribution is 2.17. The maximum absolute atomic E-state index is 12.0. The number of benzene rings is 1. The lowest BCUT2D eigenvalue weighted by atomic mass is 10.2. The van der Waals surface area contributed by atoms with Gasteiger partial charge in [0.2, 0.25) is 5.13 Å². The summed E-state index contributed by atoms with van der Waals surface area (Å²) in [5.74, 6) is 0.413. The summed E-state index contributed by atoms with van der Waals surface area (Å²) in [5.41, 5.74) is 5.95. The molecular formula is C12H14N4O2S. The first-order chi connectivity index (χ1) is 9.22. The molecule has 0 fully saturated rings. The Morgan fingerprint density at radius 2 is 2.32 bits per heavy atom. The van der Waals surface area contributed by atoms with Crippen molar-refractivity contribution in [1.29, 1.82) is 0 Å². The second kappa shape index (κ2) is 6.26. The molecule has 1 aromatic carbocycles. The van der Waals surface area contributed by atoms with E-state index in [-0.39, 0.29) is 5.91 Å². The van der Waals surface area contributed by atoms with Gasteiger partial charge in [-0.3, -0.25) is 10.1 Å². The Balaban J connectivity index is 2.08. The summed E-state index contributed by atoms with van der Waals surface area (Å²) in [6, 6.07) is 6.97. The van der Waals surface area contributed by atoms with E-state index in [0.717, 1.165) is 0 Å². The number of aromatic nitrogens is 2. The minimum Gasteiger partial charge on any atom is -0.494 e. The van der Waals surface area contributed by atoms with E-state index in [1.54, 1.807) is 24.3 Å². The third kappa shape index (κ3) is 3.49. The molecule has 0 unspecified atom stereocenters. The lowest BCUT2D eigenvalue weighted by molar-refractivity contribution is 0.102. The van der Waals surface area contributed by atoms with Crippen molar-refractivity contribution in [2.45, 2.75) is 13.5 Å². The van der Waals surface area contributed by atoms with E-state index in [0.29, 0.717) is 34.6 Å². The molecular weight excluding hydrogens is 264 g/mol. The predicted octanol–water partition coefficient (Wildman–Crippen LogP) is 1.65. The van der Waals surface area contributed by atoms with Gasteiger partial charge in [0.25, 0.3) is 5.91 Å². The zero-order chi connectivity index (χ0) is 13.7. The molecule has 0 radical (unpaired) electrons. The Morgan fingerprint density at radius 1 is 1.47 bits per heavy atom. The van der Waals surface area contributed by atoms with Crippen molar-refractivity contribution in [1.82, 2.24) is 10.2 Å². The number of ether oxygens (including phenoxy) is 1. The molecule has 1 aromatic heterocycles. The van der Waals surface area contributed by atoms with Gasteiger partial charge in [0, 0.05) is 12.1 Å². The van der Waals surface area contributed by atoms with E-state index in [9.17, 15) is 4.79 Å². The van der Waals surface area contributed by atoms with Crippen LogP contribution in [0.5, 0.6) is 5.75 Å². The monoisotopic (exact) mass is 278 g/mol. The molecule has 7 heteroatoms. The lowest BCUT2D eigenvalue weighted by Crippen LogP contribution is -2.11. The number of carbonyl (C=O) groups is 1. The molecule has 100 valence electrons. The van der Waals surface area contributed by atoms with Gasteiger partial charge in [-0.1, -0.05) is 17.4 Å². The molecule has 0 aliphatic rings. The van der Waals surface area contributed by atoms with Crippen LogP contribution < -0.4 is 15.8 Å². The minimum absolute atomic E-state index is 0.249. The van der Waals surface area contributed by atoms with Crippen LogP contribution >= 0.6 is 11.3 Å². The van der Waals surface area contributed by atoms with Crippen LogP contribution in [-0.4, -0.2) is 22.7 Å². The van der Waals surface area contributed by atoms with Crippen molar-refractivity contribution in [2.24, 2.45) is 5.73 Å². The Bertz CT molecular complexity index is 570. The highest BCUT2D eigenvalue weighted by atomic mass is 32.1. The SMILES string of the molecule is CCOc1cccc(C(=O)Nc2nnc(CN)s2)c1. The second-order valence-corrected chi connectivity index (χ2v) is 4.68.